The number of hydrogen-bond acceptors (Lipinski definition) is 9. The highest BCUT2D eigenvalue weighted by molar-refractivity contribution is 5.93. The van der Waals surface area contributed by atoms with E-state index in [9.17, 15) is 10.4 Å². The van der Waals surface area contributed by atoms with Crippen LogP contribution in [0.25, 0.3) is 34.3 Å². The number of aromatic nitrogens is 7. The van der Waals surface area contributed by atoms with E-state index in [4.69, 9.17) is 19.6 Å². The van der Waals surface area contributed by atoms with Crippen molar-refractivity contribution >= 4 is 23.1 Å². The molecule has 2 N–H and O–H groups in total. The van der Waals surface area contributed by atoms with E-state index in [0.29, 0.717) is 30.9 Å². The Bertz CT molecular complexity index is 1670. The van der Waals surface area contributed by atoms with Gasteiger partial charge in [-0.1, -0.05) is 0 Å². The standard InChI is InChI=1S/C29H35N9O3/c1-16(15-39)38-25-14-37(20-6-7-20)13-17(2)41-29-26(18(3)34-36(29)5)24-12-22-23(32-33-27(22)19(4)31-24)9-8-21(25)28(35-38)40-11-10-30/h8-9,12,16-17,20,39H,6-7,11,13-15H2,1-5H3,(H,32,33)/b9-8+. The minimum absolute atomic E-state index is 0.0820. The minimum atomic E-state index is -0.280. The predicted octanol–water partition coefficient (Wildman–Crippen LogP) is 3.54. The Hall–Kier alpha value is -4.21. The molecule has 2 unspecified atom stereocenters. The normalized spacial score (nSPS) is 19.1. The van der Waals surface area contributed by atoms with Gasteiger partial charge in [0.2, 0.25) is 11.8 Å². The van der Waals surface area contributed by atoms with Crippen LogP contribution in [0.2, 0.25) is 0 Å². The summed E-state index contributed by atoms with van der Waals surface area (Å²) in [5.74, 6) is 1.04. The van der Waals surface area contributed by atoms with Crippen LogP contribution in [-0.4, -0.2) is 76.7 Å². The first kappa shape index (κ1) is 27.0. The van der Waals surface area contributed by atoms with Gasteiger partial charge in [0.25, 0.3) is 0 Å². The fraction of sp³-hybridized carbons (Fsp3) is 0.483. The summed E-state index contributed by atoms with van der Waals surface area (Å²) >= 11 is 0. The van der Waals surface area contributed by atoms with E-state index in [1.165, 1.54) is 0 Å². The van der Waals surface area contributed by atoms with E-state index in [1.54, 1.807) is 4.68 Å². The molecule has 1 aliphatic carbocycles. The van der Waals surface area contributed by atoms with Gasteiger partial charge in [0.1, 0.15) is 17.7 Å². The molecule has 12 heteroatoms. The predicted molar refractivity (Wildman–Crippen MR) is 153 cm³/mol. The fourth-order valence-corrected chi connectivity index (χ4v) is 5.64. The van der Waals surface area contributed by atoms with Crippen LogP contribution in [0, 0.1) is 25.2 Å². The Morgan fingerprint density at radius 2 is 2.05 bits per heavy atom. The molecule has 0 radical (unpaired) electrons. The molecule has 0 spiro atoms. The van der Waals surface area contributed by atoms with Gasteiger partial charge in [-0.15, -0.1) is 5.10 Å². The van der Waals surface area contributed by atoms with Gasteiger partial charge < -0.3 is 14.6 Å². The number of aliphatic hydroxyl groups excluding tert-OH is 1. The van der Waals surface area contributed by atoms with E-state index < -0.39 is 0 Å². The van der Waals surface area contributed by atoms with Crippen LogP contribution in [0.15, 0.2) is 6.07 Å². The number of H-pyrrole nitrogens is 1. The van der Waals surface area contributed by atoms with Crippen molar-refractivity contribution in [2.45, 2.75) is 65.3 Å². The van der Waals surface area contributed by atoms with E-state index in [2.05, 4.69) is 27.1 Å². The number of aromatic amines is 1. The first-order valence-corrected chi connectivity index (χ1v) is 14.0. The molecule has 0 aromatic carbocycles. The Labute approximate surface area is 238 Å². The molecule has 4 aromatic rings. The van der Waals surface area contributed by atoms with Gasteiger partial charge in [-0.25, -0.2) is 4.68 Å². The molecular weight excluding hydrogens is 522 g/mol. The molecule has 5 heterocycles. The molecule has 0 amide bonds. The SMILES string of the molecule is Cc1nn(C)c2c1-c1cc3c([nH]nc3c(C)n1)/C=C/c1c(OCC#N)nn(C(C)CO)c1CN(C1CC1)CC(C)O2. The second-order valence-corrected chi connectivity index (χ2v) is 11.0. The molecule has 1 fully saturated rings. The summed E-state index contributed by atoms with van der Waals surface area (Å²) < 4.78 is 16.0. The molecule has 41 heavy (non-hydrogen) atoms. The molecule has 2 aliphatic rings. The van der Waals surface area contributed by atoms with Gasteiger partial charge in [-0.05, 0) is 58.8 Å². The number of fused-ring (bicyclic) bond motifs is 4. The number of pyridine rings is 1. The lowest BCUT2D eigenvalue weighted by Crippen LogP contribution is -2.36. The van der Waals surface area contributed by atoms with Crippen molar-refractivity contribution in [1.82, 2.24) is 39.6 Å². The second kappa shape index (κ2) is 10.6. The van der Waals surface area contributed by atoms with E-state index in [0.717, 1.165) is 63.3 Å². The summed E-state index contributed by atoms with van der Waals surface area (Å²) in [6.07, 6.45) is 5.99. The van der Waals surface area contributed by atoms with E-state index in [-0.39, 0.29) is 25.4 Å². The van der Waals surface area contributed by atoms with Crippen LogP contribution in [-0.2, 0) is 13.6 Å². The lowest BCUT2D eigenvalue weighted by Gasteiger charge is -2.27. The largest absolute Gasteiger partial charge is 0.473 e. The Kier molecular flexibility index (Phi) is 7.01. The molecule has 2 atom stereocenters. The Morgan fingerprint density at radius 3 is 2.78 bits per heavy atom. The van der Waals surface area contributed by atoms with Gasteiger partial charge in [0.15, 0.2) is 6.61 Å². The van der Waals surface area contributed by atoms with E-state index in [1.807, 2.05) is 56.8 Å². The number of nitriles is 1. The van der Waals surface area contributed by atoms with Crippen LogP contribution in [0.4, 0.5) is 0 Å². The summed E-state index contributed by atoms with van der Waals surface area (Å²) in [5, 5.41) is 37.4. The van der Waals surface area contributed by atoms with E-state index >= 15 is 0 Å². The second-order valence-electron chi connectivity index (χ2n) is 11.0. The van der Waals surface area contributed by atoms with Gasteiger partial charge in [0.05, 0.1) is 52.2 Å². The van der Waals surface area contributed by atoms with Crippen LogP contribution in [0.3, 0.4) is 0 Å². The van der Waals surface area contributed by atoms with Crippen LogP contribution in [0.5, 0.6) is 11.8 Å². The number of nitrogens with zero attached hydrogens (tertiary/aromatic N) is 8. The van der Waals surface area contributed by atoms with Crippen molar-refractivity contribution in [2.24, 2.45) is 7.05 Å². The molecule has 0 saturated heterocycles. The van der Waals surface area contributed by atoms with Crippen LogP contribution in [0.1, 0.15) is 61.1 Å². The topological polar surface area (TPSA) is 143 Å². The zero-order valence-electron chi connectivity index (χ0n) is 24.0. The van der Waals surface area contributed by atoms with Crippen LogP contribution >= 0.6 is 0 Å². The van der Waals surface area contributed by atoms with Crippen molar-refractivity contribution in [3.8, 4) is 29.1 Å². The maximum atomic E-state index is 10.1. The fourth-order valence-electron chi connectivity index (χ4n) is 5.64. The van der Waals surface area contributed by atoms with Crippen molar-refractivity contribution in [2.75, 3.05) is 19.8 Å². The van der Waals surface area contributed by atoms with Gasteiger partial charge in [-0.2, -0.15) is 15.5 Å². The number of rotatable bonds is 5. The zero-order valence-corrected chi connectivity index (χ0v) is 24.0. The first-order chi connectivity index (χ1) is 19.8. The van der Waals surface area contributed by atoms with Gasteiger partial charge >= 0.3 is 0 Å². The summed E-state index contributed by atoms with van der Waals surface area (Å²) in [4.78, 5) is 7.31. The summed E-state index contributed by atoms with van der Waals surface area (Å²) in [5.41, 5.74) is 6.54. The lowest BCUT2D eigenvalue weighted by atomic mass is 10.1. The maximum absolute atomic E-state index is 10.1. The van der Waals surface area contributed by atoms with Crippen molar-refractivity contribution in [3.63, 3.8) is 0 Å². The van der Waals surface area contributed by atoms with Gasteiger partial charge in [0, 0.05) is 31.6 Å². The summed E-state index contributed by atoms with van der Waals surface area (Å²) in [7, 11) is 1.90. The molecule has 1 aliphatic heterocycles. The average Bonchev–Trinajstić information content (AvgIpc) is 3.54. The monoisotopic (exact) mass is 557 g/mol. The highest BCUT2D eigenvalue weighted by Crippen LogP contribution is 2.37. The van der Waals surface area contributed by atoms with Crippen molar-refractivity contribution in [1.29, 1.82) is 5.26 Å². The number of aliphatic hydroxyl groups is 1. The maximum Gasteiger partial charge on any atom is 0.241 e. The van der Waals surface area contributed by atoms with Crippen molar-refractivity contribution in [3.05, 3.63) is 34.4 Å². The molecule has 214 valence electrons. The Balaban J connectivity index is 1.57. The zero-order chi connectivity index (χ0) is 28.8. The number of aryl methyl sites for hydroxylation is 3. The minimum Gasteiger partial charge on any atom is -0.473 e. The Morgan fingerprint density at radius 1 is 1.24 bits per heavy atom. The number of hydrogen-bond donors (Lipinski definition) is 2. The van der Waals surface area contributed by atoms with Gasteiger partial charge in [-0.3, -0.25) is 19.7 Å². The average molecular weight is 558 g/mol. The highest BCUT2D eigenvalue weighted by atomic mass is 16.5. The summed E-state index contributed by atoms with van der Waals surface area (Å²) in [6, 6.07) is 4.21. The lowest BCUT2D eigenvalue weighted by molar-refractivity contribution is 0.124. The van der Waals surface area contributed by atoms with Crippen molar-refractivity contribution < 1.29 is 14.6 Å². The number of ether oxygens (including phenoxy) is 2. The van der Waals surface area contributed by atoms with Crippen LogP contribution < -0.4 is 9.47 Å². The highest BCUT2D eigenvalue weighted by Gasteiger charge is 2.34. The first-order valence-electron chi connectivity index (χ1n) is 14.0. The number of nitrogens with one attached hydrogen (secondary N) is 1. The molecule has 1 saturated carbocycles. The third kappa shape index (κ3) is 4.96. The molecule has 4 aromatic heterocycles. The molecule has 2 bridgehead atoms. The molecular formula is C29H35N9O3. The molecule has 6 rings (SSSR count). The summed E-state index contributed by atoms with van der Waals surface area (Å²) in [6.45, 7) is 8.96. The smallest absolute Gasteiger partial charge is 0.241 e. The third-order valence-corrected chi connectivity index (χ3v) is 7.78. The molecule has 12 nitrogen and oxygen atoms in total. The third-order valence-electron chi connectivity index (χ3n) is 7.78. The quantitative estimate of drug-likeness (QED) is 0.377.